The highest BCUT2D eigenvalue weighted by Crippen LogP contribution is 2.27. The Kier molecular flexibility index (Phi) is 5.33. The highest BCUT2D eigenvalue weighted by atomic mass is 16.2. The molecule has 1 saturated heterocycles. The Morgan fingerprint density at radius 1 is 1.13 bits per heavy atom. The van der Waals surface area contributed by atoms with Gasteiger partial charge in [0.15, 0.2) is 0 Å². The van der Waals surface area contributed by atoms with E-state index in [1.54, 1.807) is 6.07 Å². The molecule has 2 rings (SSSR count). The number of piperidine rings is 1. The van der Waals surface area contributed by atoms with Crippen molar-refractivity contribution in [1.82, 2.24) is 10.3 Å². The lowest BCUT2D eigenvalue weighted by atomic mass is 9.82. The Morgan fingerprint density at radius 2 is 1.78 bits per heavy atom. The monoisotopic (exact) mass is 317 g/mol. The van der Waals surface area contributed by atoms with E-state index < -0.39 is 0 Å². The number of anilines is 1. The molecule has 0 spiro atoms. The van der Waals surface area contributed by atoms with Crippen molar-refractivity contribution in [2.45, 2.75) is 65.8 Å². The molecular formula is C19H31N3O. The molecule has 128 valence electrons. The standard InChI is InChI=1S/C19H31N3O/c1-18(2,3)14-19(4,5)21-17(23)15-10-9-11-16(20-15)22-12-7-6-8-13-22/h9-11H,6-8,12-14H2,1-5H3,(H,21,23). The normalized spacial score (nSPS) is 16.3. The molecule has 0 aromatic carbocycles. The topological polar surface area (TPSA) is 45.2 Å². The number of carbonyl (C=O) groups excluding carboxylic acids is 1. The molecule has 0 saturated carbocycles. The van der Waals surface area contributed by atoms with Gasteiger partial charge in [0, 0.05) is 18.6 Å². The summed E-state index contributed by atoms with van der Waals surface area (Å²) in [7, 11) is 0. The van der Waals surface area contributed by atoms with Crippen LogP contribution in [0, 0.1) is 5.41 Å². The summed E-state index contributed by atoms with van der Waals surface area (Å²) < 4.78 is 0. The van der Waals surface area contributed by atoms with Crippen LogP contribution in [0.1, 0.15) is 70.8 Å². The maximum atomic E-state index is 12.6. The second kappa shape index (κ2) is 6.90. The third-order valence-corrected chi connectivity index (χ3v) is 4.07. The lowest BCUT2D eigenvalue weighted by Gasteiger charge is -2.33. The third kappa shape index (κ3) is 5.52. The number of pyridine rings is 1. The summed E-state index contributed by atoms with van der Waals surface area (Å²) in [4.78, 5) is 19.5. The van der Waals surface area contributed by atoms with Gasteiger partial charge in [-0.15, -0.1) is 0 Å². The summed E-state index contributed by atoms with van der Waals surface area (Å²) in [5.41, 5.74) is 0.424. The van der Waals surface area contributed by atoms with Gasteiger partial charge in [-0.2, -0.15) is 0 Å². The number of hydrogen-bond donors (Lipinski definition) is 1. The Morgan fingerprint density at radius 3 is 2.39 bits per heavy atom. The second-order valence-electron chi connectivity index (χ2n) is 8.50. The minimum Gasteiger partial charge on any atom is -0.357 e. The summed E-state index contributed by atoms with van der Waals surface area (Å²) in [6, 6.07) is 5.74. The van der Waals surface area contributed by atoms with E-state index in [1.165, 1.54) is 19.3 Å². The van der Waals surface area contributed by atoms with E-state index >= 15 is 0 Å². The summed E-state index contributed by atoms with van der Waals surface area (Å²) in [6.07, 6.45) is 4.61. The van der Waals surface area contributed by atoms with Gasteiger partial charge in [0.1, 0.15) is 11.5 Å². The van der Waals surface area contributed by atoms with Crippen LogP contribution in [0.4, 0.5) is 5.82 Å². The van der Waals surface area contributed by atoms with Gasteiger partial charge in [0.25, 0.3) is 5.91 Å². The number of carbonyl (C=O) groups is 1. The predicted molar refractivity (Wildman–Crippen MR) is 95.9 cm³/mol. The first-order chi connectivity index (χ1) is 10.7. The molecule has 1 aliphatic rings. The van der Waals surface area contributed by atoms with Crippen LogP contribution in [0.5, 0.6) is 0 Å². The van der Waals surface area contributed by atoms with Crippen LogP contribution in [0.25, 0.3) is 0 Å². The van der Waals surface area contributed by atoms with Gasteiger partial charge in [-0.3, -0.25) is 4.79 Å². The molecular weight excluding hydrogens is 286 g/mol. The molecule has 0 radical (unpaired) electrons. The first-order valence-electron chi connectivity index (χ1n) is 8.71. The van der Waals surface area contributed by atoms with E-state index in [-0.39, 0.29) is 16.9 Å². The minimum atomic E-state index is -0.252. The molecule has 1 N–H and O–H groups in total. The molecule has 0 bridgehead atoms. The van der Waals surface area contributed by atoms with Crippen molar-refractivity contribution in [3.05, 3.63) is 23.9 Å². The third-order valence-electron chi connectivity index (χ3n) is 4.07. The van der Waals surface area contributed by atoms with E-state index in [1.807, 2.05) is 12.1 Å². The average Bonchev–Trinajstić information content (AvgIpc) is 2.45. The van der Waals surface area contributed by atoms with Gasteiger partial charge in [-0.05, 0) is 57.1 Å². The quantitative estimate of drug-likeness (QED) is 0.912. The average molecular weight is 317 g/mol. The molecule has 1 aromatic heterocycles. The number of nitrogens with zero attached hydrogens (tertiary/aromatic N) is 2. The van der Waals surface area contributed by atoms with E-state index in [0.717, 1.165) is 25.3 Å². The van der Waals surface area contributed by atoms with Crippen LogP contribution >= 0.6 is 0 Å². The molecule has 4 nitrogen and oxygen atoms in total. The number of aromatic nitrogens is 1. The zero-order valence-electron chi connectivity index (χ0n) is 15.3. The van der Waals surface area contributed by atoms with Crippen LogP contribution in [-0.4, -0.2) is 29.5 Å². The van der Waals surface area contributed by atoms with Crippen LogP contribution in [0.15, 0.2) is 18.2 Å². The van der Waals surface area contributed by atoms with Gasteiger partial charge in [-0.25, -0.2) is 4.98 Å². The lowest BCUT2D eigenvalue weighted by Crippen LogP contribution is -2.46. The summed E-state index contributed by atoms with van der Waals surface area (Å²) in [5.74, 6) is 0.837. The van der Waals surface area contributed by atoms with E-state index in [0.29, 0.717) is 5.69 Å². The largest absolute Gasteiger partial charge is 0.357 e. The molecule has 2 heterocycles. The molecule has 0 atom stereocenters. The first-order valence-corrected chi connectivity index (χ1v) is 8.71. The van der Waals surface area contributed by atoms with Crippen molar-refractivity contribution in [3.63, 3.8) is 0 Å². The fourth-order valence-electron chi connectivity index (χ4n) is 3.59. The summed E-state index contributed by atoms with van der Waals surface area (Å²) in [6.45, 7) is 12.8. The molecule has 0 unspecified atom stereocenters. The van der Waals surface area contributed by atoms with E-state index in [2.05, 4.69) is 49.8 Å². The zero-order chi connectivity index (χ0) is 17.1. The maximum Gasteiger partial charge on any atom is 0.270 e. The number of rotatable bonds is 4. The minimum absolute atomic E-state index is 0.0851. The van der Waals surface area contributed by atoms with Crippen molar-refractivity contribution in [2.75, 3.05) is 18.0 Å². The molecule has 23 heavy (non-hydrogen) atoms. The molecule has 1 amide bonds. The number of nitrogens with one attached hydrogen (secondary N) is 1. The molecule has 1 aliphatic heterocycles. The number of amides is 1. The van der Waals surface area contributed by atoms with Gasteiger partial charge >= 0.3 is 0 Å². The lowest BCUT2D eigenvalue weighted by molar-refractivity contribution is 0.0886. The SMILES string of the molecule is CC(C)(C)CC(C)(C)NC(=O)c1cccc(N2CCCCC2)n1. The van der Waals surface area contributed by atoms with Crippen LogP contribution in [-0.2, 0) is 0 Å². The molecule has 1 fully saturated rings. The van der Waals surface area contributed by atoms with Crippen molar-refractivity contribution >= 4 is 11.7 Å². The maximum absolute atomic E-state index is 12.6. The van der Waals surface area contributed by atoms with Crippen LogP contribution in [0.3, 0.4) is 0 Å². The fourth-order valence-corrected chi connectivity index (χ4v) is 3.59. The molecule has 0 aliphatic carbocycles. The Hall–Kier alpha value is -1.58. The van der Waals surface area contributed by atoms with Crippen LogP contribution in [0.2, 0.25) is 0 Å². The van der Waals surface area contributed by atoms with Crippen molar-refractivity contribution in [2.24, 2.45) is 5.41 Å². The van der Waals surface area contributed by atoms with Crippen molar-refractivity contribution in [1.29, 1.82) is 0 Å². The van der Waals surface area contributed by atoms with E-state index in [9.17, 15) is 4.79 Å². The number of hydrogen-bond acceptors (Lipinski definition) is 3. The first kappa shape index (κ1) is 17.8. The highest BCUT2D eigenvalue weighted by Gasteiger charge is 2.28. The molecule has 4 heteroatoms. The Labute approximate surface area is 140 Å². The summed E-state index contributed by atoms with van der Waals surface area (Å²) in [5, 5.41) is 3.14. The second-order valence-corrected chi connectivity index (χ2v) is 8.50. The highest BCUT2D eigenvalue weighted by molar-refractivity contribution is 5.93. The Bertz CT molecular complexity index is 540. The van der Waals surface area contributed by atoms with E-state index in [4.69, 9.17) is 0 Å². The predicted octanol–water partition coefficient (Wildman–Crippen LogP) is 4.02. The van der Waals surface area contributed by atoms with Crippen LogP contribution < -0.4 is 10.2 Å². The van der Waals surface area contributed by atoms with Gasteiger partial charge in [-0.1, -0.05) is 26.8 Å². The molecule has 1 aromatic rings. The fraction of sp³-hybridized carbons (Fsp3) is 0.684. The van der Waals surface area contributed by atoms with Gasteiger partial charge in [0.2, 0.25) is 0 Å². The smallest absolute Gasteiger partial charge is 0.270 e. The van der Waals surface area contributed by atoms with Gasteiger partial charge in [0.05, 0.1) is 0 Å². The van der Waals surface area contributed by atoms with Crippen molar-refractivity contribution in [3.8, 4) is 0 Å². The summed E-state index contributed by atoms with van der Waals surface area (Å²) >= 11 is 0. The van der Waals surface area contributed by atoms with Gasteiger partial charge < -0.3 is 10.2 Å². The Balaban J connectivity index is 2.07. The van der Waals surface area contributed by atoms with Crippen molar-refractivity contribution < 1.29 is 4.79 Å². The zero-order valence-corrected chi connectivity index (χ0v) is 15.3.